The zero-order chi connectivity index (χ0) is 9.42. The number of hydrogen-bond acceptors (Lipinski definition) is 4. The van der Waals surface area contributed by atoms with Crippen molar-refractivity contribution in [2.45, 2.75) is 38.0 Å². The van der Waals surface area contributed by atoms with Gasteiger partial charge in [-0.2, -0.15) is 0 Å². The van der Waals surface area contributed by atoms with Crippen LogP contribution in [0.2, 0.25) is 0 Å². The van der Waals surface area contributed by atoms with E-state index in [4.69, 9.17) is 5.73 Å². The molecule has 0 unspecified atom stereocenters. The highest BCUT2D eigenvalue weighted by atomic mass is 16.3. The molecule has 0 amide bonds. The third-order valence-corrected chi connectivity index (χ3v) is 2.53. The first-order valence-corrected chi connectivity index (χ1v) is 4.52. The zero-order valence-corrected chi connectivity index (χ0v) is 7.59. The van der Waals surface area contributed by atoms with Gasteiger partial charge < -0.3 is 10.8 Å². The molecule has 0 spiro atoms. The van der Waals surface area contributed by atoms with Crippen LogP contribution in [-0.2, 0) is 0 Å². The van der Waals surface area contributed by atoms with Gasteiger partial charge in [-0.1, -0.05) is 5.21 Å². The minimum atomic E-state index is -0.508. The lowest BCUT2D eigenvalue weighted by molar-refractivity contribution is 0.166. The summed E-state index contributed by atoms with van der Waals surface area (Å²) in [6.45, 7) is 1.72. The van der Waals surface area contributed by atoms with Gasteiger partial charge in [-0.25, -0.2) is 4.68 Å². The molecule has 2 rings (SSSR count). The fourth-order valence-corrected chi connectivity index (χ4v) is 1.66. The molecule has 0 radical (unpaired) electrons. The Balaban J connectivity index is 2.16. The van der Waals surface area contributed by atoms with Crippen LogP contribution in [0.5, 0.6) is 0 Å². The molecule has 5 nitrogen and oxygen atoms in total. The third kappa shape index (κ3) is 1.45. The molecule has 0 saturated heterocycles. The summed E-state index contributed by atoms with van der Waals surface area (Å²) in [6, 6.07) is 0.623. The van der Waals surface area contributed by atoms with E-state index in [1.54, 1.807) is 17.8 Å². The van der Waals surface area contributed by atoms with E-state index < -0.39 is 6.10 Å². The second-order valence-corrected chi connectivity index (χ2v) is 3.66. The van der Waals surface area contributed by atoms with Gasteiger partial charge in [0.25, 0.3) is 0 Å². The van der Waals surface area contributed by atoms with Gasteiger partial charge in [-0.15, -0.1) is 5.10 Å². The van der Waals surface area contributed by atoms with Crippen LogP contribution in [-0.4, -0.2) is 26.1 Å². The molecule has 5 heteroatoms. The molecule has 1 aliphatic rings. The van der Waals surface area contributed by atoms with Gasteiger partial charge in [0.05, 0.1) is 24.0 Å². The summed E-state index contributed by atoms with van der Waals surface area (Å²) in [4.78, 5) is 0. The Morgan fingerprint density at radius 3 is 2.92 bits per heavy atom. The quantitative estimate of drug-likeness (QED) is 0.674. The molecular formula is C8H14N4O. The number of aliphatic hydroxyl groups excluding tert-OH is 1. The van der Waals surface area contributed by atoms with E-state index in [2.05, 4.69) is 10.3 Å². The van der Waals surface area contributed by atoms with Gasteiger partial charge >= 0.3 is 0 Å². The molecule has 1 aromatic rings. The van der Waals surface area contributed by atoms with Crippen molar-refractivity contribution < 1.29 is 5.11 Å². The lowest BCUT2D eigenvalue weighted by Crippen LogP contribution is -2.38. The van der Waals surface area contributed by atoms with Gasteiger partial charge in [-0.3, -0.25) is 0 Å². The number of rotatable bonds is 2. The maximum Gasteiger partial charge on any atom is 0.0945 e. The van der Waals surface area contributed by atoms with Crippen LogP contribution in [0, 0.1) is 0 Å². The van der Waals surface area contributed by atoms with Crippen molar-refractivity contribution in [3.8, 4) is 0 Å². The fourth-order valence-electron chi connectivity index (χ4n) is 1.66. The Kier molecular flexibility index (Phi) is 2.05. The normalized spacial score (nSPS) is 29.8. The number of aliphatic hydroxyl groups is 1. The highest BCUT2D eigenvalue weighted by Crippen LogP contribution is 2.31. The Bertz CT molecular complexity index is 290. The Labute approximate surface area is 76.5 Å². The molecule has 0 bridgehead atoms. The van der Waals surface area contributed by atoms with Crippen LogP contribution >= 0.6 is 0 Å². The monoisotopic (exact) mass is 182 g/mol. The van der Waals surface area contributed by atoms with Crippen LogP contribution in [0.25, 0.3) is 0 Å². The van der Waals surface area contributed by atoms with Crippen molar-refractivity contribution in [1.82, 2.24) is 15.0 Å². The van der Waals surface area contributed by atoms with Crippen LogP contribution in [0.3, 0.4) is 0 Å². The van der Waals surface area contributed by atoms with E-state index in [1.807, 2.05) is 0 Å². The number of nitrogens with zero attached hydrogens (tertiary/aromatic N) is 3. The maximum atomic E-state index is 9.40. The molecule has 13 heavy (non-hydrogen) atoms. The first-order chi connectivity index (χ1) is 6.18. The van der Waals surface area contributed by atoms with Gasteiger partial charge in [0.15, 0.2) is 0 Å². The Morgan fingerprint density at radius 2 is 2.38 bits per heavy atom. The first kappa shape index (κ1) is 8.65. The lowest BCUT2D eigenvalue weighted by atomic mass is 9.87. The minimum absolute atomic E-state index is 0.288. The van der Waals surface area contributed by atoms with Crippen molar-refractivity contribution in [3.63, 3.8) is 0 Å². The van der Waals surface area contributed by atoms with Crippen LogP contribution < -0.4 is 5.73 Å². The molecule has 1 atom stereocenters. The summed E-state index contributed by atoms with van der Waals surface area (Å²) < 4.78 is 1.79. The lowest BCUT2D eigenvalue weighted by Gasteiger charge is -2.33. The van der Waals surface area contributed by atoms with E-state index in [0.29, 0.717) is 6.04 Å². The second-order valence-electron chi connectivity index (χ2n) is 3.66. The summed E-state index contributed by atoms with van der Waals surface area (Å²) in [5, 5.41) is 17.1. The van der Waals surface area contributed by atoms with Crippen LogP contribution in [0.4, 0.5) is 0 Å². The van der Waals surface area contributed by atoms with Crippen molar-refractivity contribution in [2.24, 2.45) is 5.73 Å². The zero-order valence-electron chi connectivity index (χ0n) is 7.59. The maximum absolute atomic E-state index is 9.40. The van der Waals surface area contributed by atoms with E-state index in [-0.39, 0.29) is 6.04 Å². The topological polar surface area (TPSA) is 77.0 Å². The summed E-state index contributed by atoms with van der Waals surface area (Å²) in [7, 11) is 0. The van der Waals surface area contributed by atoms with Gasteiger partial charge in [0, 0.05) is 6.04 Å². The van der Waals surface area contributed by atoms with Gasteiger partial charge in [0.2, 0.25) is 0 Å². The van der Waals surface area contributed by atoms with E-state index in [0.717, 1.165) is 18.5 Å². The molecule has 72 valence electrons. The Hall–Kier alpha value is -0.940. The molecule has 1 heterocycles. The predicted molar refractivity (Wildman–Crippen MR) is 46.9 cm³/mol. The van der Waals surface area contributed by atoms with Crippen LogP contribution in [0.15, 0.2) is 6.20 Å². The molecule has 1 fully saturated rings. The smallest absolute Gasteiger partial charge is 0.0945 e. The number of aromatic nitrogens is 3. The number of hydrogen-bond donors (Lipinski definition) is 2. The Morgan fingerprint density at radius 1 is 1.69 bits per heavy atom. The van der Waals surface area contributed by atoms with Crippen molar-refractivity contribution in [1.29, 1.82) is 0 Å². The highest BCUT2D eigenvalue weighted by molar-refractivity contribution is 5.02. The molecule has 0 aliphatic heterocycles. The third-order valence-electron chi connectivity index (χ3n) is 2.53. The van der Waals surface area contributed by atoms with Crippen molar-refractivity contribution in [2.75, 3.05) is 0 Å². The average Bonchev–Trinajstić information content (AvgIpc) is 2.45. The van der Waals surface area contributed by atoms with Gasteiger partial charge in [-0.05, 0) is 19.8 Å². The summed E-state index contributed by atoms with van der Waals surface area (Å²) >= 11 is 0. The molecule has 3 N–H and O–H groups in total. The number of nitrogens with two attached hydrogens (primary N) is 1. The molecular weight excluding hydrogens is 168 g/mol. The van der Waals surface area contributed by atoms with Crippen molar-refractivity contribution >= 4 is 0 Å². The second kappa shape index (κ2) is 3.08. The molecule has 1 aliphatic carbocycles. The molecule has 1 aromatic heterocycles. The molecule has 0 aromatic carbocycles. The fraction of sp³-hybridized carbons (Fsp3) is 0.750. The SMILES string of the molecule is C[C@H](O)c1cnnn1[C@H]1C[C@H](N)C1. The molecule has 1 saturated carbocycles. The van der Waals surface area contributed by atoms with E-state index >= 15 is 0 Å². The predicted octanol–water partition coefficient (Wildman–Crippen LogP) is -0.00640. The van der Waals surface area contributed by atoms with E-state index in [1.165, 1.54) is 0 Å². The first-order valence-electron chi connectivity index (χ1n) is 4.52. The minimum Gasteiger partial charge on any atom is -0.387 e. The average molecular weight is 182 g/mol. The van der Waals surface area contributed by atoms with Gasteiger partial charge in [0.1, 0.15) is 0 Å². The summed E-state index contributed by atoms with van der Waals surface area (Å²) in [5.41, 5.74) is 6.45. The largest absolute Gasteiger partial charge is 0.387 e. The standard InChI is InChI=1S/C8H14N4O/c1-5(13)8-4-10-11-12(8)7-2-6(9)3-7/h4-7,13H,2-3,9H2,1H3/t5-,6-,7-/m0/s1. The van der Waals surface area contributed by atoms with E-state index in [9.17, 15) is 5.11 Å². The van der Waals surface area contributed by atoms with Crippen molar-refractivity contribution in [3.05, 3.63) is 11.9 Å². The van der Waals surface area contributed by atoms with Crippen LogP contribution in [0.1, 0.15) is 37.6 Å². The summed E-state index contributed by atoms with van der Waals surface area (Å²) in [6.07, 6.45) is 2.97. The summed E-state index contributed by atoms with van der Waals surface area (Å²) in [5.74, 6) is 0. The highest BCUT2D eigenvalue weighted by Gasteiger charge is 2.30.